The molecule has 0 saturated heterocycles. The summed E-state index contributed by atoms with van der Waals surface area (Å²) in [4.78, 5) is 4.62. The van der Waals surface area contributed by atoms with Crippen LogP contribution in [0.5, 0.6) is 0 Å². The summed E-state index contributed by atoms with van der Waals surface area (Å²) >= 11 is 11.0. The SMILES string of the molecule is Cn1cc(C#Cc2nccc([S-])c2Cl)cn1.[K+]. The van der Waals surface area contributed by atoms with Crippen LogP contribution in [0.25, 0.3) is 0 Å². The zero-order valence-corrected chi connectivity index (χ0v) is 14.1. The van der Waals surface area contributed by atoms with Gasteiger partial charge in [-0.05, 0) is 5.92 Å². The average Bonchev–Trinajstić information content (AvgIpc) is 2.67. The van der Waals surface area contributed by atoms with Crippen molar-refractivity contribution in [1.82, 2.24) is 14.8 Å². The quantitative estimate of drug-likeness (QED) is 0.346. The van der Waals surface area contributed by atoms with Crippen molar-refractivity contribution in [3.8, 4) is 11.8 Å². The van der Waals surface area contributed by atoms with Gasteiger partial charge in [-0.15, -0.1) is 0 Å². The van der Waals surface area contributed by atoms with Crippen LogP contribution < -0.4 is 51.4 Å². The smallest absolute Gasteiger partial charge is 0.778 e. The van der Waals surface area contributed by atoms with Gasteiger partial charge in [0.1, 0.15) is 5.69 Å². The van der Waals surface area contributed by atoms with Crippen molar-refractivity contribution in [2.75, 3.05) is 0 Å². The summed E-state index contributed by atoms with van der Waals surface area (Å²) in [7, 11) is 1.83. The van der Waals surface area contributed by atoms with Gasteiger partial charge < -0.3 is 12.6 Å². The number of pyridine rings is 1. The van der Waals surface area contributed by atoms with Crippen LogP contribution in [0.3, 0.4) is 0 Å². The van der Waals surface area contributed by atoms with Crippen molar-refractivity contribution in [2.24, 2.45) is 7.05 Å². The summed E-state index contributed by atoms with van der Waals surface area (Å²) in [5.74, 6) is 5.79. The van der Waals surface area contributed by atoms with Gasteiger partial charge >= 0.3 is 51.4 Å². The molecule has 3 nitrogen and oxygen atoms in total. The molecule has 0 aliphatic rings. The zero-order chi connectivity index (χ0) is 11.5. The molecular weight excluding hydrogens is 281 g/mol. The molecule has 0 amide bonds. The van der Waals surface area contributed by atoms with E-state index in [0.29, 0.717) is 15.6 Å². The van der Waals surface area contributed by atoms with E-state index >= 15 is 0 Å². The summed E-state index contributed by atoms with van der Waals surface area (Å²) in [5, 5.41) is 4.43. The van der Waals surface area contributed by atoms with E-state index in [4.69, 9.17) is 24.2 Å². The second kappa shape index (κ2) is 6.85. The fraction of sp³-hybridized carbons (Fsp3) is 0.0909. The van der Waals surface area contributed by atoms with Crippen LogP contribution in [-0.2, 0) is 19.7 Å². The molecule has 0 unspecified atom stereocenters. The number of nitrogens with zero attached hydrogens (tertiary/aromatic N) is 3. The molecule has 0 aliphatic carbocycles. The molecule has 2 aromatic heterocycles. The minimum atomic E-state index is 0. The maximum Gasteiger partial charge on any atom is 1.00 e. The Hall–Kier alpha value is 0.0664. The Morgan fingerprint density at radius 2 is 2.18 bits per heavy atom. The third-order valence-electron chi connectivity index (χ3n) is 1.88. The molecule has 0 aliphatic heterocycles. The molecule has 17 heavy (non-hydrogen) atoms. The molecule has 2 heterocycles. The molecule has 0 aromatic carbocycles. The third kappa shape index (κ3) is 4.04. The molecule has 0 atom stereocenters. The van der Waals surface area contributed by atoms with Gasteiger partial charge in [-0.3, -0.25) is 4.68 Å². The topological polar surface area (TPSA) is 30.7 Å². The van der Waals surface area contributed by atoms with E-state index in [0.717, 1.165) is 5.56 Å². The minimum Gasteiger partial charge on any atom is -0.778 e. The van der Waals surface area contributed by atoms with Gasteiger partial charge in [0.05, 0.1) is 16.8 Å². The first-order valence-corrected chi connectivity index (χ1v) is 5.27. The fourth-order valence-electron chi connectivity index (χ4n) is 1.13. The normalized spacial score (nSPS) is 9.06. The van der Waals surface area contributed by atoms with Crippen LogP contribution in [0.15, 0.2) is 29.6 Å². The number of hydrogen-bond acceptors (Lipinski definition) is 3. The first-order chi connectivity index (χ1) is 7.66. The van der Waals surface area contributed by atoms with Crippen LogP contribution in [-0.4, -0.2) is 14.8 Å². The van der Waals surface area contributed by atoms with E-state index in [2.05, 4.69) is 21.9 Å². The fourth-order valence-corrected chi connectivity index (χ4v) is 1.45. The molecule has 0 bridgehead atoms. The Morgan fingerprint density at radius 1 is 1.41 bits per heavy atom. The molecule has 2 aromatic rings. The minimum absolute atomic E-state index is 0. The molecule has 0 radical (unpaired) electrons. The Labute approximate surface area is 153 Å². The van der Waals surface area contributed by atoms with Crippen molar-refractivity contribution >= 4 is 24.2 Å². The average molecular weight is 288 g/mol. The number of halogens is 1. The molecule has 2 rings (SSSR count). The Morgan fingerprint density at radius 3 is 2.82 bits per heavy atom. The summed E-state index contributed by atoms with van der Waals surface area (Å²) in [5.41, 5.74) is 1.31. The van der Waals surface area contributed by atoms with E-state index in [1.54, 1.807) is 23.1 Å². The van der Waals surface area contributed by atoms with E-state index in [1.165, 1.54) is 0 Å². The van der Waals surface area contributed by atoms with Crippen LogP contribution in [0, 0.1) is 11.8 Å². The molecule has 0 saturated carbocycles. The summed E-state index contributed by atoms with van der Waals surface area (Å²) < 4.78 is 1.68. The molecule has 0 fully saturated rings. The first-order valence-electron chi connectivity index (χ1n) is 4.49. The molecule has 6 heteroatoms. The van der Waals surface area contributed by atoms with Gasteiger partial charge in [0.2, 0.25) is 0 Å². The van der Waals surface area contributed by atoms with Crippen molar-refractivity contribution in [3.63, 3.8) is 0 Å². The standard InChI is InChI=1S/C11H8ClN3S.K/c1-15-7-8(6-14-15)2-3-9-11(12)10(16)4-5-13-9;/h4-7H,1H3,(H,13,16);/q;+1/p-1. The van der Waals surface area contributed by atoms with Gasteiger partial charge in [-0.1, -0.05) is 23.6 Å². The van der Waals surface area contributed by atoms with Gasteiger partial charge in [0.25, 0.3) is 0 Å². The van der Waals surface area contributed by atoms with Gasteiger partial charge in [-0.25, -0.2) is 4.98 Å². The Bertz CT molecular complexity index is 586. The second-order valence-corrected chi connectivity index (χ2v) is 3.94. The van der Waals surface area contributed by atoms with Crippen molar-refractivity contribution in [2.45, 2.75) is 4.90 Å². The maximum atomic E-state index is 5.97. The van der Waals surface area contributed by atoms with Crippen LogP contribution in [0.2, 0.25) is 5.02 Å². The second-order valence-electron chi connectivity index (χ2n) is 3.12. The maximum absolute atomic E-state index is 5.97. The van der Waals surface area contributed by atoms with Crippen molar-refractivity contribution < 1.29 is 51.4 Å². The van der Waals surface area contributed by atoms with Gasteiger partial charge in [0.15, 0.2) is 0 Å². The predicted molar refractivity (Wildman–Crippen MR) is 64.1 cm³/mol. The van der Waals surface area contributed by atoms with Gasteiger partial charge in [-0.2, -0.15) is 9.99 Å². The Kier molecular flexibility index (Phi) is 6.10. The third-order valence-corrected chi connectivity index (χ3v) is 2.72. The van der Waals surface area contributed by atoms with E-state index in [9.17, 15) is 0 Å². The number of hydrogen-bond donors (Lipinski definition) is 0. The molecular formula is C11H7ClKN3S. The van der Waals surface area contributed by atoms with Crippen molar-refractivity contribution in [1.29, 1.82) is 0 Å². The summed E-state index contributed by atoms with van der Waals surface area (Å²) in [6, 6.07) is 1.67. The predicted octanol–water partition coefficient (Wildman–Crippen LogP) is -1.22. The molecule has 0 N–H and O–H groups in total. The van der Waals surface area contributed by atoms with Crippen molar-refractivity contribution in [3.05, 3.63) is 40.9 Å². The summed E-state index contributed by atoms with van der Waals surface area (Å²) in [6.45, 7) is 0. The molecule has 0 spiro atoms. The van der Waals surface area contributed by atoms with E-state index in [1.807, 2.05) is 13.2 Å². The van der Waals surface area contributed by atoms with Crippen LogP contribution in [0.1, 0.15) is 11.3 Å². The van der Waals surface area contributed by atoms with Gasteiger partial charge in [0, 0.05) is 19.4 Å². The number of rotatable bonds is 0. The first kappa shape index (κ1) is 15.1. The Balaban J connectivity index is 0.00000144. The van der Waals surface area contributed by atoms with Crippen LogP contribution >= 0.6 is 11.6 Å². The largest absolute Gasteiger partial charge is 1.00 e. The zero-order valence-electron chi connectivity index (χ0n) is 9.44. The van der Waals surface area contributed by atoms with E-state index in [-0.39, 0.29) is 51.4 Å². The monoisotopic (exact) mass is 287 g/mol. The molecule has 80 valence electrons. The van der Waals surface area contributed by atoms with E-state index < -0.39 is 0 Å². The number of aromatic nitrogens is 3. The van der Waals surface area contributed by atoms with Crippen LogP contribution in [0.4, 0.5) is 0 Å². The summed E-state index contributed by atoms with van der Waals surface area (Å²) in [6.07, 6.45) is 5.10. The number of aryl methyl sites for hydroxylation is 1.